The van der Waals surface area contributed by atoms with Gasteiger partial charge in [-0.25, -0.2) is 12.8 Å². The van der Waals surface area contributed by atoms with Crippen molar-refractivity contribution in [3.63, 3.8) is 0 Å². The fraction of sp³-hybridized carbons (Fsp3) is 0.278. The molecule has 0 heterocycles. The van der Waals surface area contributed by atoms with Crippen LogP contribution in [0.2, 0.25) is 5.02 Å². The Bertz CT molecular complexity index is 917. The quantitative estimate of drug-likeness (QED) is 0.725. The van der Waals surface area contributed by atoms with E-state index in [0.717, 1.165) is 6.07 Å². The van der Waals surface area contributed by atoms with Crippen LogP contribution in [0.15, 0.2) is 47.4 Å². The molecular formula is C18H20ClFN2O4S. The van der Waals surface area contributed by atoms with Crippen LogP contribution in [-0.2, 0) is 14.8 Å². The first kappa shape index (κ1) is 21.0. The van der Waals surface area contributed by atoms with Gasteiger partial charge in [0.15, 0.2) is 6.10 Å². The summed E-state index contributed by atoms with van der Waals surface area (Å²) in [5, 5.41) is 2.54. The third-order valence-electron chi connectivity index (χ3n) is 3.42. The molecule has 146 valence electrons. The Morgan fingerprint density at radius 2 is 1.74 bits per heavy atom. The average molecular weight is 415 g/mol. The summed E-state index contributed by atoms with van der Waals surface area (Å²) < 4.78 is 45.8. The van der Waals surface area contributed by atoms with Gasteiger partial charge in [-0.05, 0) is 63.2 Å². The first-order chi connectivity index (χ1) is 12.6. The summed E-state index contributed by atoms with van der Waals surface area (Å²) in [5.41, 5.74) is 0.140. The van der Waals surface area contributed by atoms with Gasteiger partial charge in [0.2, 0.25) is 0 Å². The highest BCUT2D eigenvalue weighted by Crippen LogP contribution is 2.23. The van der Waals surface area contributed by atoms with Crippen molar-refractivity contribution in [2.75, 3.05) is 4.72 Å². The Morgan fingerprint density at radius 1 is 1.11 bits per heavy atom. The highest BCUT2D eigenvalue weighted by Gasteiger charge is 2.18. The Morgan fingerprint density at radius 3 is 2.30 bits per heavy atom. The van der Waals surface area contributed by atoms with Gasteiger partial charge in [0, 0.05) is 6.04 Å². The molecule has 0 spiro atoms. The third kappa shape index (κ3) is 5.83. The highest BCUT2D eigenvalue weighted by molar-refractivity contribution is 7.92. The van der Waals surface area contributed by atoms with Crippen LogP contribution in [0.3, 0.4) is 0 Å². The van der Waals surface area contributed by atoms with Crippen molar-refractivity contribution in [1.82, 2.24) is 5.32 Å². The monoisotopic (exact) mass is 414 g/mol. The highest BCUT2D eigenvalue weighted by atomic mass is 35.5. The molecule has 0 aliphatic rings. The molecule has 0 unspecified atom stereocenters. The first-order valence-corrected chi connectivity index (χ1v) is 9.99. The van der Waals surface area contributed by atoms with Crippen LogP contribution in [0.5, 0.6) is 5.75 Å². The Hall–Kier alpha value is -2.32. The molecule has 0 aromatic heterocycles. The van der Waals surface area contributed by atoms with E-state index in [4.69, 9.17) is 16.3 Å². The number of amides is 1. The summed E-state index contributed by atoms with van der Waals surface area (Å²) in [4.78, 5) is 11.8. The topological polar surface area (TPSA) is 84.5 Å². The molecule has 1 atom stereocenters. The number of hydrogen-bond acceptors (Lipinski definition) is 4. The van der Waals surface area contributed by atoms with Crippen molar-refractivity contribution in [3.8, 4) is 5.75 Å². The molecule has 0 saturated carbocycles. The van der Waals surface area contributed by atoms with E-state index in [2.05, 4.69) is 10.0 Å². The standard InChI is InChI=1S/C18H20ClFN2O4S/c1-11(2)21-18(23)12(3)26-14-5-7-15(8-6-14)27(24,25)22-13-4-9-17(20)16(19)10-13/h4-12,22H,1-3H3,(H,21,23)/t12-/m0/s1. The van der Waals surface area contributed by atoms with Gasteiger partial charge in [0.05, 0.1) is 15.6 Å². The maximum absolute atomic E-state index is 13.2. The molecule has 0 aliphatic carbocycles. The molecule has 27 heavy (non-hydrogen) atoms. The summed E-state index contributed by atoms with van der Waals surface area (Å²) in [6.45, 7) is 5.28. The summed E-state index contributed by atoms with van der Waals surface area (Å²) in [7, 11) is -3.89. The van der Waals surface area contributed by atoms with E-state index >= 15 is 0 Å². The minimum atomic E-state index is -3.89. The molecule has 9 heteroatoms. The van der Waals surface area contributed by atoms with E-state index in [1.807, 2.05) is 13.8 Å². The number of nitrogens with one attached hydrogen (secondary N) is 2. The Kier molecular flexibility index (Phi) is 6.67. The van der Waals surface area contributed by atoms with E-state index in [-0.39, 0.29) is 27.6 Å². The second-order valence-corrected chi connectivity index (χ2v) is 8.22. The van der Waals surface area contributed by atoms with Crippen LogP contribution >= 0.6 is 11.6 Å². The number of benzene rings is 2. The molecule has 2 aromatic carbocycles. The van der Waals surface area contributed by atoms with Crippen LogP contribution in [0.4, 0.5) is 10.1 Å². The van der Waals surface area contributed by atoms with Crippen molar-refractivity contribution in [2.24, 2.45) is 0 Å². The van der Waals surface area contributed by atoms with Crippen LogP contribution < -0.4 is 14.8 Å². The molecule has 2 aromatic rings. The fourth-order valence-corrected chi connectivity index (χ4v) is 3.36. The van der Waals surface area contributed by atoms with Gasteiger partial charge in [-0.2, -0.15) is 0 Å². The molecular weight excluding hydrogens is 395 g/mol. The molecule has 2 N–H and O–H groups in total. The van der Waals surface area contributed by atoms with E-state index in [0.29, 0.717) is 5.75 Å². The zero-order valence-electron chi connectivity index (χ0n) is 15.0. The van der Waals surface area contributed by atoms with Crippen molar-refractivity contribution in [3.05, 3.63) is 53.3 Å². The minimum absolute atomic E-state index is 0.0119. The molecule has 6 nitrogen and oxygen atoms in total. The largest absolute Gasteiger partial charge is 0.481 e. The lowest BCUT2D eigenvalue weighted by atomic mass is 10.3. The second-order valence-electron chi connectivity index (χ2n) is 6.13. The maximum Gasteiger partial charge on any atom is 0.261 e. The lowest BCUT2D eigenvalue weighted by Crippen LogP contribution is -2.40. The molecule has 0 aliphatic heterocycles. The average Bonchev–Trinajstić information content (AvgIpc) is 2.58. The summed E-state index contributed by atoms with van der Waals surface area (Å²) in [6, 6.07) is 9.09. The van der Waals surface area contributed by atoms with Gasteiger partial charge in [-0.1, -0.05) is 11.6 Å². The zero-order valence-corrected chi connectivity index (χ0v) is 16.6. The molecule has 1 amide bonds. The van der Waals surface area contributed by atoms with Crippen LogP contribution in [0, 0.1) is 5.82 Å². The first-order valence-electron chi connectivity index (χ1n) is 8.13. The van der Waals surface area contributed by atoms with Gasteiger partial charge >= 0.3 is 0 Å². The van der Waals surface area contributed by atoms with Gasteiger partial charge in [-0.3, -0.25) is 9.52 Å². The predicted octanol–water partition coefficient (Wildman–Crippen LogP) is 3.57. The summed E-state index contributed by atoms with van der Waals surface area (Å²) >= 11 is 5.66. The number of carbonyl (C=O) groups excluding carboxylic acids is 1. The fourth-order valence-electron chi connectivity index (χ4n) is 2.13. The van der Waals surface area contributed by atoms with Gasteiger partial charge in [-0.15, -0.1) is 0 Å². The lowest BCUT2D eigenvalue weighted by molar-refractivity contribution is -0.127. The molecule has 0 saturated heterocycles. The van der Waals surface area contributed by atoms with Crippen LogP contribution in [-0.4, -0.2) is 26.5 Å². The van der Waals surface area contributed by atoms with Crippen molar-refractivity contribution < 1.29 is 22.3 Å². The Balaban J connectivity index is 2.08. The van der Waals surface area contributed by atoms with E-state index in [1.165, 1.54) is 36.4 Å². The predicted molar refractivity (Wildman–Crippen MR) is 102 cm³/mol. The molecule has 0 radical (unpaired) electrons. The number of hydrogen-bond donors (Lipinski definition) is 2. The second kappa shape index (κ2) is 8.58. The summed E-state index contributed by atoms with van der Waals surface area (Å²) in [6.07, 6.45) is -0.727. The molecule has 0 bridgehead atoms. The Labute approximate surface area is 162 Å². The number of halogens is 2. The molecule has 0 fully saturated rings. The smallest absolute Gasteiger partial charge is 0.261 e. The number of carbonyl (C=O) groups is 1. The third-order valence-corrected chi connectivity index (χ3v) is 5.11. The van der Waals surface area contributed by atoms with Gasteiger partial charge < -0.3 is 10.1 Å². The summed E-state index contributed by atoms with van der Waals surface area (Å²) in [5.74, 6) is -0.557. The lowest BCUT2D eigenvalue weighted by Gasteiger charge is -2.16. The van der Waals surface area contributed by atoms with Gasteiger partial charge in [0.1, 0.15) is 11.6 Å². The minimum Gasteiger partial charge on any atom is -0.481 e. The van der Waals surface area contributed by atoms with Gasteiger partial charge in [0.25, 0.3) is 15.9 Å². The van der Waals surface area contributed by atoms with E-state index in [1.54, 1.807) is 6.92 Å². The number of ether oxygens (including phenoxy) is 1. The number of rotatable bonds is 7. The zero-order chi connectivity index (χ0) is 20.2. The van der Waals surface area contributed by atoms with Crippen LogP contribution in [0.25, 0.3) is 0 Å². The van der Waals surface area contributed by atoms with Crippen LogP contribution in [0.1, 0.15) is 20.8 Å². The number of anilines is 1. The normalized spacial score (nSPS) is 12.5. The molecule has 2 rings (SSSR count). The SMILES string of the molecule is CC(C)NC(=O)[C@H](C)Oc1ccc(S(=O)(=O)Nc2ccc(F)c(Cl)c2)cc1. The van der Waals surface area contributed by atoms with Crippen molar-refractivity contribution in [1.29, 1.82) is 0 Å². The van der Waals surface area contributed by atoms with Crippen molar-refractivity contribution in [2.45, 2.75) is 37.8 Å². The number of sulfonamides is 1. The van der Waals surface area contributed by atoms with E-state index in [9.17, 15) is 17.6 Å². The maximum atomic E-state index is 13.2. The van der Waals surface area contributed by atoms with Crippen molar-refractivity contribution >= 4 is 33.2 Å². The van der Waals surface area contributed by atoms with E-state index < -0.39 is 21.9 Å².